The number of thiocarbonyl (C=S) groups is 1. The number of rotatable bonds is 4. The summed E-state index contributed by atoms with van der Waals surface area (Å²) in [7, 11) is 0. The Morgan fingerprint density at radius 2 is 2.35 bits per heavy atom. The first-order chi connectivity index (χ1) is 11.0. The molecular formula is C14H14N2O3S4. The minimum absolute atomic E-state index is 0.111. The largest absolute Gasteiger partial charge is 0.390 e. The molecule has 0 radical (unpaired) electrons. The van der Waals surface area contributed by atoms with E-state index in [4.69, 9.17) is 12.2 Å². The maximum atomic E-state index is 12.4. The van der Waals surface area contributed by atoms with Gasteiger partial charge < -0.3 is 10.4 Å². The van der Waals surface area contributed by atoms with Gasteiger partial charge in [0.2, 0.25) is 5.91 Å². The SMILES string of the molecule is O=C(CN1C(=O)C(=Cc2cccs2)SC1=S)NC1CSCC1O. The second-order valence-electron chi connectivity index (χ2n) is 5.06. The van der Waals surface area contributed by atoms with Crippen LogP contribution in [0.5, 0.6) is 0 Å². The number of nitrogens with one attached hydrogen (secondary N) is 1. The van der Waals surface area contributed by atoms with Crippen LogP contribution in [0.3, 0.4) is 0 Å². The van der Waals surface area contributed by atoms with Gasteiger partial charge in [0.05, 0.1) is 17.1 Å². The lowest BCUT2D eigenvalue weighted by Gasteiger charge is -2.18. The van der Waals surface area contributed by atoms with E-state index < -0.39 is 6.10 Å². The molecule has 2 saturated heterocycles. The quantitative estimate of drug-likeness (QED) is 0.604. The van der Waals surface area contributed by atoms with Gasteiger partial charge in [-0.05, 0) is 17.5 Å². The molecule has 2 N–H and O–H groups in total. The molecule has 0 spiro atoms. The van der Waals surface area contributed by atoms with E-state index in [0.29, 0.717) is 20.7 Å². The van der Waals surface area contributed by atoms with Crippen molar-refractivity contribution in [1.82, 2.24) is 10.2 Å². The maximum absolute atomic E-state index is 12.4. The number of thiophene rings is 1. The molecule has 2 aliphatic heterocycles. The van der Waals surface area contributed by atoms with Crippen LogP contribution in [0.1, 0.15) is 4.88 Å². The van der Waals surface area contributed by atoms with Crippen LogP contribution in [0.4, 0.5) is 0 Å². The maximum Gasteiger partial charge on any atom is 0.266 e. The van der Waals surface area contributed by atoms with Crippen molar-refractivity contribution >= 4 is 69.3 Å². The molecular weight excluding hydrogens is 372 g/mol. The molecule has 0 aromatic carbocycles. The highest BCUT2D eigenvalue weighted by Crippen LogP contribution is 2.33. The van der Waals surface area contributed by atoms with E-state index in [1.165, 1.54) is 28.0 Å². The average Bonchev–Trinajstić information content (AvgIpc) is 3.20. The van der Waals surface area contributed by atoms with Crippen LogP contribution in [0.15, 0.2) is 22.4 Å². The van der Waals surface area contributed by atoms with Gasteiger partial charge in [0.1, 0.15) is 10.9 Å². The summed E-state index contributed by atoms with van der Waals surface area (Å²) in [5.41, 5.74) is 0. The van der Waals surface area contributed by atoms with Gasteiger partial charge in [0.15, 0.2) is 0 Å². The Balaban J connectivity index is 1.62. The van der Waals surface area contributed by atoms with Gasteiger partial charge in [-0.3, -0.25) is 14.5 Å². The third-order valence-electron chi connectivity index (χ3n) is 3.39. The fourth-order valence-corrected chi connectivity index (χ4v) is 5.36. The number of aliphatic hydroxyl groups is 1. The van der Waals surface area contributed by atoms with Crippen LogP contribution in [0.25, 0.3) is 6.08 Å². The van der Waals surface area contributed by atoms with Crippen LogP contribution in [0, 0.1) is 0 Å². The first kappa shape index (κ1) is 17.0. The summed E-state index contributed by atoms with van der Waals surface area (Å²) < 4.78 is 0.384. The molecule has 1 aromatic rings. The van der Waals surface area contributed by atoms with Crippen LogP contribution < -0.4 is 5.32 Å². The van der Waals surface area contributed by atoms with Gasteiger partial charge >= 0.3 is 0 Å². The molecule has 2 unspecified atom stereocenters. The lowest BCUT2D eigenvalue weighted by Crippen LogP contribution is -2.47. The Kier molecular flexibility index (Phi) is 5.42. The van der Waals surface area contributed by atoms with Gasteiger partial charge in [0, 0.05) is 16.4 Å². The Hall–Kier alpha value is -0.870. The van der Waals surface area contributed by atoms with E-state index >= 15 is 0 Å². The number of carbonyl (C=O) groups excluding carboxylic acids is 2. The number of thioether (sulfide) groups is 2. The summed E-state index contributed by atoms with van der Waals surface area (Å²) in [6.07, 6.45) is 1.26. The first-order valence-electron chi connectivity index (χ1n) is 6.88. The lowest BCUT2D eigenvalue weighted by molar-refractivity contribution is -0.129. The van der Waals surface area contributed by atoms with Gasteiger partial charge in [-0.2, -0.15) is 11.8 Å². The summed E-state index contributed by atoms with van der Waals surface area (Å²) >= 11 is 9.55. The molecule has 1 aromatic heterocycles. The van der Waals surface area contributed by atoms with E-state index in [0.717, 1.165) is 4.88 Å². The molecule has 5 nitrogen and oxygen atoms in total. The zero-order chi connectivity index (χ0) is 16.4. The minimum Gasteiger partial charge on any atom is -0.390 e. The number of carbonyl (C=O) groups is 2. The standard InChI is InChI=1S/C14H14N2O3S4/c17-10-7-21-6-9(10)15-12(18)5-16-13(19)11(23-14(16)20)4-8-2-1-3-22-8/h1-4,9-10,17H,5-7H2,(H,15,18). The second-order valence-corrected chi connectivity index (χ2v) is 8.79. The van der Waals surface area contributed by atoms with Crippen molar-refractivity contribution in [2.75, 3.05) is 18.1 Å². The van der Waals surface area contributed by atoms with Gasteiger partial charge in [-0.1, -0.05) is 30.0 Å². The molecule has 2 atom stereocenters. The van der Waals surface area contributed by atoms with Crippen LogP contribution >= 0.6 is 47.1 Å². The van der Waals surface area contributed by atoms with E-state index in [1.807, 2.05) is 17.5 Å². The van der Waals surface area contributed by atoms with Crippen molar-refractivity contribution in [2.45, 2.75) is 12.1 Å². The first-order valence-corrected chi connectivity index (χ1v) is 10.1. The fourth-order valence-electron chi connectivity index (χ4n) is 2.22. The van der Waals surface area contributed by atoms with Crippen molar-refractivity contribution < 1.29 is 14.7 Å². The topological polar surface area (TPSA) is 69.6 Å². The normalized spacial score (nSPS) is 26.3. The Labute approximate surface area is 151 Å². The summed E-state index contributed by atoms with van der Waals surface area (Å²) in [6.45, 7) is -0.111. The van der Waals surface area contributed by atoms with Crippen molar-refractivity contribution in [2.24, 2.45) is 0 Å². The van der Waals surface area contributed by atoms with Gasteiger partial charge in [-0.15, -0.1) is 11.3 Å². The molecule has 0 bridgehead atoms. The number of amides is 2. The van der Waals surface area contributed by atoms with Gasteiger partial charge in [0.25, 0.3) is 5.91 Å². The van der Waals surface area contributed by atoms with E-state index in [1.54, 1.807) is 17.8 Å². The smallest absolute Gasteiger partial charge is 0.266 e. The average molecular weight is 387 g/mol. The number of hydrogen-bond acceptors (Lipinski definition) is 7. The molecule has 0 saturated carbocycles. The van der Waals surface area contributed by atoms with Crippen molar-refractivity contribution in [1.29, 1.82) is 0 Å². The number of aliphatic hydroxyl groups excluding tert-OH is 1. The molecule has 2 aliphatic rings. The summed E-state index contributed by atoms with van der Waals surface area (Å²) in [5.74, 6) is 0.759. The van der Waals surface area contributed by atoms with Crippen LogP contribution in [-0.2, 0) is 9.59 Å². The Bertz CT molecular complexity index is 659. The fraction of sp³-hybridized carbons (Fsp3) is 0.357. The predicted molar refractivity (Wildman–Crippen MR) is 99.5 cm³/mol. The van der Waals surface area contributed by atoms with Crippen molar-refractivity contribution in [3.8, 4) is 0 Å². The Morgan fingerprint density at radius 1 is 1.52 bits per heavy atom. The molecule has 23 heavy (non-hydrogen) atoms. The summed E-state index contributed by atoms with van der Waals surface area (Å²) in [6, 6.07) is 3.58. The second kappa shape index (κ2) is 7.35. The van der Waals surface area contributed by atoms with Crippen molar-refractivity contribution in [3.05, 3.63) is 27.3 Å². The highest BCUT2D eigenvalue weighted by atomic mass is 32.2. The number of nitrogens with zero attached hydrogens (tertiary/aromatic N) is 1. The third kappa shape index (κ3) is 3.97. The minimum atomic E-state index is -0.533. The molecule has 3 heterocycles. The Morgan fingerprint density at radius 3 is 3.00 bits per heavy atom. The lowest BCUT2D eigenvalue weighted by atomic mass is 10.2. The third-order valence-corrected chi connectivity index (χ3v) is 6.76. The van der Waals surface area contributed by atoms with E-state index in [9.17, 15) is 14.7 Å². The number of hydrogen-bond donors (Lipinski definition) is 2. The summed E-state index contributed by atoms with van der Waals surface area (Å²) in [5, 5.41) is 14.4. The van der Waals surface area contributed by atoms with Crippen LogP contribution in [-0.4, -0.2) is 56.3 Å². The predicted octanol–water partition coefficient (Wildman–Crippen LogP) is 1.54. The van der Waals surface area contributed by atoms with E-state index in [2.05, 4.69) is 5.32 Å². The molecule has 122 valence electrons. The van der Waals surface area contributed by atoms with Gasteiger partial charge in [-0.25, -0.2) is 0 Å². The molecule has 3 rings (SSSR count). The molecule has 2 amide bonds. The van der Waals surface area contributed by atoms with Crippen LogP contribution in [0.2, 0.25) is 0 Å². The molecule has 9 heteroatoms. The highest BCUT2D eigenvalue weighted by molar-refractivity contribution is 8.26. The van der Waals surface area contributed by atoms with Crippen molar-refractivity contribution in [3.63, 3.8) is 0 Å². The molecule has 2 fully saturated rings. The zero-order valence-corrected chi connectivity index (χ0v) is 15.2. The summed E-state index contributed by atoms with van der Waals surface area (Å²) in [4.78, 5) is 27.3. The highest BCUT2D eigenvalue weighted by Gasteiger charge is 2.34. The molecule has 0 aliphatic carbocycles. The zero-order valence-electron chi connectivity index (χ0n) is 11.9. The van der Waals surface area contributed by atoms with E-state index in [-0.39, 0.29) is 24.4 Å². The monoisotopic (exact) mass is 386 g/mol.